The highest BCUT2D eigenvalue weighted by Crippen LogP contribution is 2.15. The van der Waals surface area contributed by atoms with Crippen LogP contribution in [0.4, 0.5) is 0 Å². The average molecular weight is 288 g/mol. The van der Waals surface area contributed by atoms with Crippen LogP contribution >= 0.6 is 0 Å². The van der Waals surface area contributed by atoms with Crippen molar-refractivity contribution < 1.29 is 14.6 Å². The Morgan fingerprint density at radius 2 is 2.19 bits per heavy atom. The molecule has 2 atom stereocenters. The summed E-state index contributed by atoms with van der Waals surface area (Å²) in [6, 6.07) is 7.92. The molecule has 1 saturated heterocycles. The maximum Gasteiger partial charge on any atom is 0.252 e. The molecule has 1 aromatic carbocycles. The molecule has 1 aromatic heterocycles. The van der Waals surface area contributed by atoms with Crippen LogP contribution in [0.25, 0.3) is 10.9 Å². The van der Waals surface area contributed by atoms with Crippen molar-refractivity contribution >= 4 is 16.8 Å². The van der Waals surface area contributed by atoms with Gasteiger partial charge in [-0.3, -0.25) is 9.59 Å². The van der Waals surface area contributed by atoms with Crippen molar-refractivity contribution in [3.8, 4) is 0 Å². The average Bonchev–Trinajstić information content (AvgIpc) is 2.48. The Hall–Kier alpha value is -2.18. The highest BCUT2D eigenvalue weighted by Gasteiger charge is 2.26. The number of H-pyrrole nitrogens is 1. The Bertz CT molecular complexity index is 725. The molecular weight excluding hydrogens is 272 g/mol. The van der Waals surface area contributed by atoms with E-state index in [1.165, 1.54) is 6.07 Å². The van der Waals surface area contributed by atoms with Crippen molar-refractivity contribution in [1.82, 2.24) is 10.3 Å². The molecule has 0 radical (unpaired) electrons. The molecule has 110 valence electrons. The summed E-state index contributed by atoms with van der Waals surface area (Å²) in [5.41, 5.74) is 0.571. The Morgan fingerprint density at radius 1 is 1.38 bits per heavy atom. The lowest BCUT2D eigenvalue weighted by molar-refractivity contribution is -0.0139. The molecule has 3 rings (SSSR count). The van der Waals surface area contributed by atoms with Gasteiger partial charge in [-0.25, -0.2) is 0 Å². The Kier molecular flexibility index (Phi) is 3.72. The number of nitrogens with one attached hydrogen (secondary N) is 2. The van der Waals surface area contributed by atoms with Gasteiger partial charge in [0.05, 0.1) is 24.3 Å². The minimum atomic E-state index is -0.629. The lowest BCUT2D eigenvalue weighted by Gasteiger charge is -2.28. The van der Waals surface area contributed by atoms with Crippen LogP contribution in [0, 0.1) is 0 Å². The van der Waals surface area contributed by atoms with Gasteiger partial charge in [-0.2, -0.15) is 0 Å². The second-order valence-corrected chi connectivity index (χ2v) is 5.10. The maximum absolute atomic E-state index is 12.4. The largest absolute Gasteiger partial charge is 0.391 e. The minimum Gasteiger partial charge on any atom is -0.391 e. The van der Waals surface area contributed by atoms with Gasteiger partial charge in [-0.05, 0) is 12.5 Å². The first kappa shape index (κ1) is 13.8. The third kappa shape index (κ3) is 2.81. The van der Waals surface area contributed by atoms with Gasteiger partial charge >= 0.3 is 0 Å². The summed E-state index contributed by atoms with van der Waals surface area (Å²) in [5, 5.41) is 13.3. The summed E-state index contributed by atoms with van der Waals surface area (Å²) < 4.78 is 5.26. The maximum atomic E-state index is 12.4. The van der Waals surface area contributed by atoms with E-state index >= 15 is 0 Å². The van der Waals surface area contributed by atoms with Crippen LogP contribution in [0.1, 0.15) is 16.8 Å². The molecule has 3 N–H and O–H groups in total. The van der Waals surface area contributed by atoms with Crippen molar-refractivity contribution in [2.24, 2.45) is 0 Å². The standard InChI is InChI=1S/C15H16N2O4/c18-13-5-6-21-8-12(13)17-15(20)10-7-14(19)16-11-4-2-1-3-9(10)11/h1-4,7,12-13,18H,5-6,8H2,(H,16,19)(H,17,20)/t12-,13-/m1/s1. The van der Waals surface area contributed by atoms with E-state index in [0.29, 0.717) is 29.5 Å². The number of aliphatic hydroxyl groups is 1. The number of para-hydroxylation sites is 1. The summed E-state index contributed by atoms with van der Waals surface area (Å²) in [7, 11) is 0. The van der Waals surface area contributed by atoms with Gasteiger partial charge < -0.3 is 20.1 Å². The van der Waals surface area contributed by atoms with Crippen LogP contribution < -0.4 is 10.9 Å². The van der Waals surface area contributed by atoms with E-state index in [-0.39, 0.29) is 18.1 Å². The second-order valence-electron chi connectivity index (χ2n) is 5.10. The Labute approximate surface area is 120 Å². The fourth-order valence-corrected chi connectivity index (χ4v) is 2.50. The fraction of sp³-hybridized carbons (Fsp3) is 0.333. The number of hydrogen-bond donors (Lipinski definition) is 3. The van der Waals surface area contributed by atoms with Gasteiger partial charge in [0.15, 0.2) is 0 Å². The summed E-state index contributed by atoms with van der Waals surface area (Å²) >= 11 is 0. The molecule has 2 heterocycles. The Balaban J connectivity index is 1.92. The minimum absolute atomic E-state index is 0.272. The molecule has 6 heteroatoms. The SMILES string of the molecule is O=C(N[C@@H]1COCC[C@H]1O)c1cc(=O)[nH]c2ccccc12. The number of rotatable bonds is 2. The lowest BCUT2D eigenvalue weighted by Crippen LogP contribution is -2.49. The van der Waals surface area contributed by atoms with Gasteiger partial charge in [0.25, 0.3) is 5.91 Å². The van der Waals surface area contributed by atoms with Crippen molar-refractivity contribution in [1.29, 1.82) is 0 Å². The molecule has 1 aliphatic heterocycles. The van der Waals surface area contributed by atoms with E-state index in [0.717, 1.165) is 0 Å². The van der Waals surface area contributed by atoms with Gasteiger partial charge in [0.1, 0.15) is 0 Å². The van der Waals surface area contributed by atoms with Crippen LogP contribution in [0.2, 0.25) is 0 Å². The van der Waals surface area contributed by atoms with Crippen LogP contribution in [-0.2, 0) is 4.74 Å². The number of benzene rings is 1. The monoisotopic (exact) mass is 288 g/mol. The molecule has 21 heavy (non-hydrogen) atoms. The lowest BCUT2D eigenvalue weighted by atomic mass is 10.0. The first-order valence-electron chi connectivity index (χ1n) is 6.84. The number of carbonyl (C=O) groups excluding carboxylic acids is 1. The van der Waals surface area contributed by atoms with Crippen LogP contribution in [-0.4, -0.2) is 41.4 Å². The summed E-state index contributed by atoms with van der Waals surface area (Å²) in [6.07, 6.45) is -0.142. The highest BCUT2D eigenvalue weighted by atomic mass is 16.5. The molecule has 0 saturated carbocycles. The quantitative estimate of drug-likeness (QED) is 0.746. The third-order valence-corrected chi connectivity index (χ3v) is 3.63. The van der Waals surface area contributed by atoms with Gasteiger partial charge in [0.2, 0.25) is 5.56 Å². The summed E-state index contributed by atoms with van der Waals surface area (Å²) in [5.74, 6) is -0.383. The van der Waals surface area contributed by atoms with Gasteiger partial charge in [0, 0.05) is 23.6 Å². The van der Waals surface area contributed by atoms with E-state index in [1.807, 2.05) is 0 Å². The van der Waals surface area contributed by atoms with E-state index in [9.17, 15) is 14.7 Å². The predicted molar refractivity (Wildman–Crippen MR) is 77.3 cm³/mol. The predicted octanol–water partition coefficient (Wildman–Crippen LogP) is 0.408. The topological polar surface area (TPSA) is 91.4 Å². The number of ether oxygens (including phenoxy) is 1. The number of carbonyl (C=O) groups is 1. The van der Waals surface area contributed by atoms with Gasteiger partial charge in [-0.15, -0.1) is 0 Å². The first-order valence-corrected chi connectivity index (χ1v) is 6.84. The van der Waals surface area contributed by atoms with E-state index in [2.05, 4.69) is 10.3 Å². The van der Waals surface area contributed by atoms with E-state index < -0.39 is 12.1 Å². The molecule has 1 amide bonds. The van der Waals surface area contributed by atoms with E-state index in [4.69, 9.17) is 4.74 Å². The zero-order valence-electron chi connectivity index (χ0n) is 11.3. The number of aromatic nitrogens is 1. The molecule has 1 fully saturated rings. The normalized spacial score (nSPS) is 22.1. The van der Waals surface area contributed by atoms with E-state index in [1.54, 1.807) is 24.3 Å². The fourth-order valence-electron chi connectivity index (χ4n) is 2.50. The number of amides is 1. The van der Waals surface area contributed by atoms with Crippen molar-refractivity contribution in [3.63, 3.8) is 0 Å². The second kappa shape index (κ2) is 5.67. The highest BCUT2D eigenvalue weighted by molar-refractivity contribution is 6.06. The zero-order chi connectivity index (χ0) is 14.8. The van der Waals surface area contributed by atoms with Crippen molar-refractivity contribution in [2.45, 2.75) is 18.6 Å². The Morgan fingerprint density at radius 3 is 3.00 bits per heavy atom. The number of hydrogen-bond acceptors (Lipinski definition) is 4. The smallest absolute Gasteiger partial charge is 0.252 e. The van der Waals surface area contributed by atoms with Crippen molar-refractivity contribution in [3.05, 3.63) is 46.2 Å². The summed E-state index contributed by atoms with van der Waals surface area (Å²) in [6.45, 7) is 0.759. The molecule has 0 bridgehead atoms. The van der Waals surface area contributed by atoms with Crippen molar-refractivity contribution in [2.75, 3.05) is 13.2 Å². The number of aromatic amines is 1. The number of pyridine rings is 1. The molecule has 6 nitrogen and oxygen atoms in total. The number of aliphatic hydroxyl groups excluding tert-OH is 1. The molecule has 0 spiro atoms. The molecule has 1 aliphatic rings. The molecule has 0 aliphatic carbocycles. The molecule has 0 unspecified atom stereocenters. The zero-order valence-corrected chi connectivity index (χ0v) is 11.3. The molecule has 2 aromatic rings. The first-order chi connectivity index (χ1) is 10.1. The van der Waals surface area contributed by atoms with Crippen LogP contribution in [0.3, 0.4) is 0 Å². The summed E-state index contributed by atoms with van der Waals surface area (Å²) in [4.78, 5) is 26.7. The van der Waals surface area contributed by atoms with Crippen LogP contribution in [0.15, 0.2) is 35.1 Å². The number of fused-ring (bicyclic) bond motifs is 1. The van der Waals surface area contributed by atoms with Gasteiger partial charge in [-0.1, -0.05) is 18.2 Å². The third-order valence-electron chi connectivity index (χ3n) is 3.63. The molecular formula is C15H16N2O4. The van der Waals surface area contributed by atoms with Crippen LogP contribution in [0.5, 0.6) is 0 Å².